The van der Waals surface area contributed by atoms with Crippen LogP contribution in [0.3, 0.4) is 0 Å². The Labute approximate surface area is 120 Å². The molecule has 0 heterocycles. The number of ketones is 1. The first-order valence-electron chi connectivity index (χ1n) is 7.54. The van der Waals surface area contributed by atoms with E-state index < -0.39 is 5.41 Å². The first-order chi connectivity index (χ1) is 9.25. The first kappa shape index (κ1) is 13.8. The lowest BCUT2D eigenvalue weighted by Gasteiger charge is -2.54. The zero-order valence-electron chi connectivity index (χ0n) is 13.1. The number of ether oxygens (including phenoxy) is 1. The summed E-state index contributed by atoms with van der Waals surface area (Å²) in [7, 11) is 1.43. The summed E-state index contributed by atoms with van der Waals surface area (Å²) >= 11 is 0. The van der Waals surface area contributed by atoms with Gasteiger partial charge < -0.3 is 4.74 Å². The van der Waals surface area contributed by atoms with Crippen LogP contribution in [0.2, 0.25) is 0 Å². The van der Waals surface area contributed by atoms with Crippen molar-refractivity contribution < 1.29 is 14.3 Å². The zero-order valence-corrected chi connectivity index (χ0v) is 13.1. The van der Waals surface area contributed by atoms with Gasteiger partial charge in [-0.05, 0) is 51.9 Å². The molecule has 4 bridgehead atoms. The van der Waals surface area contributed by atoms with E-state index in [-0.39, 0.29) is 17.3 Å². The minimum Gasteiger partial charge on any atom is -0.469 e. The van der Waals surface area contributed by atoms with E-state index in [0.717, 1.165) is 19.3 Å². The summed E-state index contributed by atoms with van der Waals surface area (Å²) in [4.78, 5) is 25.1. The topological polar surface area (TPSA) is 43.4 Å². The van der Waals surface area contributed by atoms with Gasteiger partial charge in [-0.2, -0.15) is 0 Å². The van der Waals surface area contributed by atoms with Crippen LogP contribution >= 0.6 is 0 Å². The van der Waals surface area contributed by atoms with Gasteiger partial charge in [-0.1, -0.05) is 18.1 Å². The Hall–Kier alpha value is -1.12. The Kier molecular flexibility index (Phi) is 2.74. The fourth-order valence-corrected chi connectivity index (χ4v) is 5.20. The lowest BCUT2D eigenvalue weighted by atomic mass is 9.47. The molecule has 0 aromatic carbocycles. The van der Waals surface area contributed by atoms with Gasteiger partial charge in [-0.3, -0.25) is 9.59 Å². The number of hydrogen-bond acceptors (Lipinski definition) is 3. The normalized spacial score (nSPS) is 45.8. The number of fused-ring (bicyclic) bond motifs is 1. The highest BCUT2D eigenvalue weighted by molar-refractivity contribution is 5.96. The van der Waals surface area contributed by atoms with E-state index in [0.29, 0.717) is 17.6 Å². The zero-order chi connectivity index (χ0) is 14.9. The summed E-state index contributed by atoms with van der Waals surface area (Å²) in [6.07, 6.45) is 2.54. The quantitative estimate of drug-likeness (QED) is 0.546. The van der Waals surface area contributed by atoms with Crippen LogP contribution in [0, 0.1) is 28.6 Å². The molecule has 0 saturated heterocycles. The smallest absolute Gasteiger partial charge is 0.312 e. The molecule has 4 saturated carbocycles. The summed E-state index contributed by atoms with van der Waals surface area (Å²) in [5, 5.41) is 0. The van der Waals surface area contributed by atoms with Crippen LogP contribution in [0.5, 0.6) is 0 Å². The van der Waals surface area contributed by atoms with Gasteiger partial charge in [0.1, 0.15) is 5.78 Å². The Morgan fingerprint density at radius 3 is 2.50 bits per heavy atom. The van der Waals surface area contributed by atoms with Crippen LogP contribution in [0.1, 0.15) is 47.0 Å². The third-order valence-corrected chi connectivity index (χ3v) is 6.39. The SMILES string of the molecule is COC(=O)[C@@]1(C)C[C@H]2[C@H]3C[C@@H]1C(=O)[C@]2(C)CC3=C(C)C. The van der Waals surface area contributed by atoms with Crippen LogP contribution in [0.4, 0.5) is 0 Å². The van der Waals surface area contributed by atoms with E-state index >= 15 is 0 Å². The predicted octanol–water partition coefficient (Wildman–Crippen LogP) is 3.14. The van der Waals surface area contributed by atoms with E-state index in [4.69, 9.17) is 4.74 Å². The molecule has 0 N–H and O–H groups in total. The van der Waals surface area contributed by atoms with E-state index in [1.165, 1.54) is 18.3 Å². The van der Waals surface area contributed by atoms with Crippen LogP contribution in [0.15, 0.2) is 11.1 Å². The molecule has 0 aliphatic heterocycles. The standard InChI is InChI=1S/C17H24O3/c1-9(2)11-7-16(3)13-8-17(4,15(19)20-5)12(14(16)18)6-10(11)13/h10,12-13H,6-8H2,1-5H3/t10-,12+,13-,16+,17-/m0/s1. The van der Waals surface area contributed by atoms with E-state index in [1.54, 1.807) is 0 Å². The van der Waals surface area contributed by atoms with E-state index in [1.807, 2.05) is 6.92 Å². The molecule has 110 valence electrons. The van der Waals surface area contributed by atoms with Gasteiger partial charge in [0, 0.05) is 11.3 Å². The fraction of sp³-hybridized carbons (Fsp3) is 0.765. The minimum atomic E-state index is -0.608. The predicted molar refractivity (Wildman–Crippen MR) is 75.9 cm³/mol. The molecule has 3 nitrogen and oxygen atoms in total. The third-order valence-electron chi connectivity index (χ3n) is 6.39. The first-order valence-corrected chi connectivity index (χ1v) is 7.54. The van der Waals surface area contributed by atoms with Gasteiger partial charge in [0.2, 0.25) is 0 Å². The van der Waals surface area contributed by atoms with Crippen molar-refractivity contribution in [2.24, 2.45) is 28.6 Å². The van der Waals surface area contributed by atoms with E-state index in [2.05, 4.69) is 20.8 Å². The average molecular weight is 276 g/mol. The van der Waals surface area contributed by atoms with Crippen LogP contribution < -0.4 is 0 Å². The highest BCUT2D eigenvalue weighted by Crippen LogP contribution is 2.68. The van der Waals surface area contributed by atoms with Crippen molar-refractivity contribution in [1.82, 2.24) is 0 Å². The Morgan fingerprint density at radius 2 is 1.95 bits per heavy atom. The molecule has 0 spiro atoms. The lowest BCUT2D eigenvalue weighted by Crippen LogP contribution is -2.59. The maximum absolute atomic E-state index is 12.9. The van der Waals surface area contributed by atoms with Crippen LogP contribution in [-0.2, 0) is 14.3 Å². The number of rotatable bonds is 1. The number of methoxy groups -OCH3 is 1. The molecular weight excluding hydrogens is 252 g/mol. The summed E-state index contributed by atoms with van der Waals surface area (Å²) in [5.74, 6) is 0.752. The molecule has 4 rings (SSSR count). The van der Waals surface area contributed by atoms with Crippen molar-refractivity contribution in [2.45, 2.75) is 47.0 Å². The molecule has 0 aromatic rings. The second-order valence-electron chi connectivity index (χ2n) is 7.60. The van der Waals surface area contributed by atoms with Crippen LogP contribution in [0.25, 0.3) is 0 Å². The Bertz CT molecular complexity index is 528. The second kappa shape index (κ2) is 3.96. The van der Waals surface area contributed by atoms with Crippen molar-refractivity contribution >= 4 is 11.8 Å². The van der Waals surface area contributed by atoms with Crippen molar-refractivity contribution in [1.29, 1.82) is 0 Å². The van der Waals surface area contributed by atoms with Gasteiger partial charge in [0.15, 0.2) is 0 Å². The number of carbonyl (C=O) groups is 2. The largest absolute Gasteiger partial charge is 0.469 e. The molecule has 4 fully saturated rings. The highest BCUT2D eigenvalue weighted by Gasteiger charge is 2.68. The Morgan fingerprint density at radius 1 is 1.30 bits per heavy atom. The summed E-state index contributed by atoms with van der Waals surface area (Å²) in [6, 6.07) is 0. The highest BCUT2D eigenvalue weighted by atomic mass is 16.5. The average Bonchev–Trinajstić information content (AvgIpc) is 2.63. The van der Waals surface area contributed by atoms with Crippen molar-refractivity contribution in [3.05, 3.63) is 11.1 Å². The molecule has 4 aliphatic rings. The Balaban J connectivity index is 2.08. The lowest BCUT2D eigenvalue weighted by molar-refractivity contribution is -0.177. The van der Waals surface area contributed by atoms with Gasteiger partial charge in [0.25, 0.3) is 0 Å². The molecule has 4 aliphatic carbocycles. The molecule has 0 radical (unpaired) electrons. The number of Topliss-reactive ketones (excluding diaryl/α,β-unsaturated/α-hetero) is 1. The number of esters is 1. The number of carbonyl (C=O) groups excluding carboxylic acids is 2. The maximum atomic E-state index is 12.9. The summed E-state index contributed by atoms with van der Waals surface area (Å²) < 4.78 is 4.99. The fourth-order valence-electron chi connectivity index (χ4n) is 5.20. The maximum Gasteiger partial charge on any atom is 0.312 e. The van der Waals surface area contributed by atoms with Gasteiger partial charge in [0.05, 0.1) is 12.5 Å². The third kappa shape index (κ3) is 1.41. The monoisotopic (exact) mass is 276 g/mol. The molecule has 3 heteroatoms. The van der Waals surface area contributed by atoms with Gasteiger partial charge in [-0.25, -0.2) is 0 Å². The van der Waals surface area contributed by atoms with Crippen molar-refractivity contribution in [3.63, 3.8) is 0 Å². The van der Waals surface area contributed by atoms with Gasteiger partial charge >= 0.3 is 5.97 Å². The molecule has 0 aromatic heterocycles. The molecule has 0 amide bonds. The van der Waals surface area contributed by atoms with Crippen molar-refractivity contribution in [3.8, 4) is 0 Å². The summed E-state index contributed by atoms with van der Waals surface area (Å²) in [5.41, 5.74) is 1.98. The molecular formula is C17H24O3. The summed E-state index contributed by atoms with van der Waals surface area (Å²) in [6.45, 7) is 8.35. The minimum absolute atomic E-state index is 0.160. The van der Waals surface area contributed by atoms with E-state index in [9.17, 15) is 9.59 Å². The van der Waals surface area contributed by atoms with Crippen LogP contribution in [-0.4, -0.2) is 18.9 Å². The van der Waals surface area contributed by atoms with Crippen molar-refractivity contribution in [2.75, 3.05) is 7.11 Å². The molecule has 20 heavy (non-hydrogen) atoms. The number of allylic oxidation sites excluding steroid dienone is 2. The number of hydrogen-bond donors (Lipinski definition) is 0. The molecule has 0 unspecified atom stereocenters. The second-order valence-corrected chi connectivity index (χ2v) is 7.60. The van der Waals surface area contributed by atoms with Gasteiger partial charge in [-0.15, -0.1) is 0 Å². The molecule has 5 atom stereocenters.